The summed E-state index contributed by atoms with van der Waals surface area (Å²) in [6, 6.07) is 33.9. The largest absolute Gasteiger partial charge is 0.507 e. The van der Waals surface area contributed by atoms with Crippen LogP contribution in [0.4, 0.5) is 0 Å². The standard InChI is InChI=1S/C38H35N2O2.Pt/c1-37(2,3)28-21-25(22-29(23-28)38(4,5)6)24-18-26(20-27(19-24)32-14-9-10-17-39-32)30-13-11-16-34-35(30)40-36(42-34)31-12-7-8-15-33(31)41;/h7-19,21-23,41H,1-6H3;/q-1;. The minimum absolute atomic E-state index is 0. The van der Waals surface area contributed by atoms with Crippen LogP contribution in [0.5, 0.6) is 5.75 Å². The molecule has 0 saturated carbocycles. The van der Waals surface area contributed by atoms with Crippen molar-refractivity contribution >= 4 is 11.1 Å². The van der Waals surface area contributed by atoms with Crippen molar-refractivity contribution in [3.63, 3.8) is 0 Å². The van der Waals surface area contributed by atoms with E-state index in [2.05, 4.69) is 82.9 Å². The van der Waals surface area contributed by atoms with Crippen molar-refractivity contribution in [2.75, 3.05) is 0 Å². The Morgan fingerprint density at radius 1 is 0.674 bits per heavy atom. The van der Waals surface area contributed by atoms with E-state index in [1.807, 2.05) is 48.7 Å². The molecule has 220 valence electrons. The molecular weight excluding hydrogens is 712 g/mol. The number of pyridine rings is 1. The Balaban J connectivity index is 0.00000368. The first-order valence-corrected chi connectivity index (χ1v) is 14.3. The topological polar surface area (TPSA) is 59.2 Å². The molecule has 0 atom stereocenters. The molecule has 0 radical (unpaired) electrons. The van der Waals surface area contributed by atoms with Crippen LogP contribution < -0.4 is 0 Å². The molecule has 4 aromatic carbocycles. The van der Waals surface area contributed by atoms with Gasteiger partial charge in [-0.15, -0.1) is 23.8 Å². The molecule has 6 aromatic rings. The van der Waals surface area contributed by atoms with Crippen LogP contribution >= 0.6 is 0 Å². The minimum Gasteiger partial charge on any atom is -0.507 e. The Bertz CT molecular complexity index is 1880. The fourth-order valence-corrected chi connectivity index (χ4v) is 5.14. The number of para-hydroxylation sites is 2. The molecule has 0 fully saturated rings. The Kier molecular flexibility index (Phi) is 8.20. The van der Waals surface area contributed by atoms with Gasteiger partial charge in [0.05, 0.1) is 11.1 Å². The van der Waals surface area contributed by atoms with E-state index >= 15 is 0 Å². The van der Waals surface area contributed by atoms with E-state index in [1.165, 1.54) is 11.1 Å². The minimum atomic E-state index is -0.00470. The molecular formula is C38H35N2O2Pt-. The third-order valence-electron chi connectivity index (χ3n) is 7.65. The summed E-state index contributed by atoms with van der Waals surface area (Å²) >= 11 is 0. The Labute approximate surface area is 268 Å². The van der Waals surface area contributed by atoms with Crippen LogP contribution in [-0.4, -0.2) is 15.1 Å². The van der Waals surface area contributed by atoms with Crippen molar-refractivity contribution in [1.82, 2.24) is 9.97 Å². The maximum Gasteiger partial charge on any atom is 0.230 e. The van der Waals surface area contributed by atoms with Gasteiger partial charge < -0.3 is 9.52 Å². The Morgan fingerprint density at radius 2 is 1.30 bits per heavy atom. The molecule has 1 N–H and O–H groups in total. The summed E-state index contributed by atoms with van der Waals surface area (Å²) in [5, 5.41) is 10.4. The molecule has 0 aliphatic heterocycles. The molecule has 0 saturated heterocycles. The van der Waals surface area contributed by atoms with Crippen LogP contribution in [0.15, 0.2) is 102 Å². The van der Waals surface area contributed by atoms with Crippen LogP contribution in [0.1, 0.15) is 52.7 Å². The first kappa shape index (κ1) is 30.4. The number of aromatic nitrogens is 2. The van der Waals surface area contributed by atoms with Crippen LogP contribution in [0.2, 0.25) is 0 Å². The molecule has 0 spiro atoms. The van der Waals surface area contributed by atoms with E-state index in [9.17, 15) is 5.11 Å². The summed E-state index contributed by atoms with van der Waals surface area (Å²) in [7, 11) is 0. The zero-order valence-electron chi connectivity index (χ0n) is 25.3. The third-order valence-corrected chi connectivity index (χ3v) is 7.65. The van der Waals surface area contributed by atoms with Gasteiger partial charge in [0, 0.05) is 33.0 Å². The number of hydrogen-bond donors (Lipinski definition) is 1. The van der Waals surface area contributed by atoms with Crippen molar-refractivity contribution in [2.24, 2.45) is 0 Å². The van der Waals surface area contributed by atoms with Gasteiger partial charge in [-0.25, -0.2) is 4.98 Å². The molecule has 6 rings (SSSR count). The van der Waals surface area contributed by atoms with Crippen LogP contribution in [-0.2, 0) is 31.9 Å². The van der Waals surface area contributed by atoms with E-state index in [4.69, 9.17) is 9.40 Å². The number of nitrogens with zero attached hydrogens (tertiary/aromatic N) is 2. The zero-order chi connectivity index (χ0) is 29.6. The zero-order valence-corrected chi connectivity index (χ0v) is 27.6. The number of fused-ring (bicyclic) bond motifs is 1. The quantitative estimate of drug-likeness (QED) is 0.183. The summed E-state index contributed by atoms with van der Waals surface area (Å²) in [6.07, 6.45) is 1.81. The molecule has 2 aromatic heterocycles. The summed E-state index contributed by atoms with van der Waals surface area (Å²) in [6.45, 7) is 13.6. The van der Waals surface area contributed by atoms with E-state index < -0.39 is 0 Å². The number of oxazole rings is 1. The van der Waals surface area contributed by atoms with Gasteiger partial charge in [-0.3, -0.25) is 4.98 Å². The maximum absolute atomic E-state index is 10.4. The Morgan fingerprint density at radius 3 is 1.95 bits per heavy atom. The van der Waals surface area contributed by atoms with Crippen molar-refractivity contribution in [3.8, 4) is 50.7 Å². The second kappa shape index (κ2) is 11.6. The van der Waals surface area contributed by atoms with Gasteiger partial charge in [0.1, 0.15) is 11.3 Å². The fraction of sp³-hybridized carbons (Fsp3) is 0.211. The predicted octanol–water partition coefficient (Wildman–Crippen LogP) is 9.99. The molecule has 2 heterocycles. The van der Waals surface area contributed by atoms with Crippen LogP contribution in [0.3, 0.4) is 0 Å². The van der Waals surface area contributed by atoms with E-state index in [1.54, 1.807) is 18.2 Å². The number of benzene rings is 4. The average Bonchev–Trinajstić information content (AvgIpc) is 3.41. The third kappa shape index (κ3) is 6.21. The maximum atomic E-state index is 10.4. The smallest absolute Gasteiger partial charge is 0.230 e. The molecule has 0 aliphatic rings. The first-order chi connectivity index (χ1) is 20.0. The van der Waals surface area contributed by atoms with Crippen molar-refractivity contribution in [1.29, 1.82) is 0 Å². The van der Waals surface area contributed by atoms with E-state index in [0.717, 1.165) is 39.0 Å². The van der Waals surface area contributed by atoms with Crippen molar-refractivity contribution in [3.05, 3.63) is 114 Å². The van der Waals surface area contributed by atoms with Crippen molar-refractivity contribution in [2.45, 2.75) is 52.4 Å². The summed E-state index contributed by atoms with van der Waals surface area (Å²) in [5.41, 5.74) is 10.3. The predicted molar refractivity (Wildman–Crippen MR) is 171 cm³/mol. The molecule has 0 amide bonds. The monoisotopic (exact) mass is 746 g/mol. The van der Waals surface area contributed by atoms with Gasteiger partial charge in [0.15, 0.2) is 0 Å². The van der Waals surface area contributed by atoms with E-state index in [0.29, 0.717) is 17.0 Å². The summed E-state index contributed by atoms with van der Waals surface area (Å²) in [4.78, 5) is 9.51. The summed E-state index contributed by atoms with van der Waals surface area (Å²) < 4.78 is 6.14. The number of hydrogen-bond acceptors (Lipinski definition) is 4. The molecule has 5 heteroatoms. The van der Waals surface area contributed by atoms with Gasteiger partial charge in [-0.1, -0.05) is 113 Å². The van der Waals surface area contributed by atoms with Gasteiger partial charge >= 0.3 is 0 Å². The van der Waals surface area contributed by atoms with Gasteiger partial charge in [0.25, 0.3) is 0 Å². The molecule has 4 nitrogen and oxygen atoms in total. The van der Waals surface area contributed by atoms with Gasteiger partial charge in [-0.05, 0) is 51.8 Å². The molecule has 43 heavy (non-hydrogen) atoms. The average molecular weight is 747 g/mol. The van der Waals surface area contributed by atoms with Gasteiger partial charge in [0.2, 0.25) is 5.89 Å². The summed E-state index contributed by atoms with van der Waals surface area (Å²) in [5.74, 6) is 0.509. The number of rotatable bonds is 4. The molecule has 0 bridgehead atoms. The normalized spacial score (nSPS) is 11.9. The van der Waals surface area contributed by atoms with E-state index in [-0.39, 0.29) is 37.6 Å². The second-order valence-electron chi connectivity index (χ2n) is 12.9. The second-order valence-corrected chi connectivity index (χ2v) is 12.9. The Hall–Kier alpha value is -4.01. The number of aromatic hydroxyl groups is 1. The SMILES string of the molecule is CC(C)(C)c1cc(-c2cc(-c3ccccn3)[c-]c(-c3cccc4oc(-c5ccccc5O)nc34)c2)cc(C(C)(C)C)c1.[Pt]. The van der Waals surface area contributed by atoms with Gasteiger partial charge in [-0.2, -0.15) is 0 Å². The number of phenolic OH excluding ortho intramolecular Hbond substituents is 1. The molecule has 0 unspecified atom stereocenters. The van der Waals surface area contributed by atoms with Crippen LogP contribution in [0, 0.1) is 6.07 Å². The number of phenols is 1. The first-order valence-electron chi connectivity index (χ1n) is 14.3. The fourth-order valence-electron chi connectivity index (χ4n) is 5.14. The van der Waals surface area contributed by atoms with Crippen LogP contribution in [0.25, 0.3) is 56.1 Å². The molecule has 0 aliphatic carbocycles. The van der Waals surface area contributed by atoms with Crippen molar-refractivity contribution < 1.29 is 30.6 Å².